The number of hydrogen-bond acceptors (Lipinski definition) is 4. The molecule has 7 heteroatoms. The van der Waals surface area contributed by atoms with Crippen LogP contribution in [0, 0.1) is 15.9 Å². The molecular weight excluding hydrogens is 275 g/mol. The van der Waals surface area contributed by atoms with Crippen molar-refractivity contribution in [3.05, 3.63) is 52.6 Å². The number of nitro groups is 1. The summed E-state index contributed by atoms with van der Waals surface area (Å²) in [6.45, 7) is 1.38. The molecule has 1 aromatic heterocycles. The fourth-order valence-corrected chi connectivity index (χ4v) is 2.78. The van der Waals surface area contributed by atoms with Gasteiger partial charge in [0.25, 0.3) is 5.69 Å². The molecule has 1 aliphatic heterocycles. The first-order valence-electron chi connectivity index (χ1n) is 6.83. The average molecular weight is 290 g/mol. The standard InChI is InChI=1S/C14H15FN4O2/c15-11-2-3-13(14(10-11)19(20)21)17-8-4-12(5-9-17)18-7-1-6-16-18/h1-3,6-7,10,12H,4-5,8-9H2. The number of halogens is 1. The lowest BCUT2D eigenvalue weighted by Gasteiger charge is -2.33. The molecule has 0 N–H and O–H groups in total. The Hall–Kier alpha value is -2.44. The van der Waals surface area contributed by atoms with Crippen LogP contribution in [-0.2, 0) is 0 Å². The summed E-state index contributed by atoms with van der Waals surface area (Å²) in [4.78, 5) is 12.5. The van der Waals surface area contributed by atoms with E-state index >= 15 is 0 Å². The Labute approximate surface area is 120 Å². The Morgan fingerprint density at radius 2 is 2.10 bits per heavy atom. The molecule has 0 saturated carbocycles. The van der Waals surface area contributed by atoms with Gasteiger partial charge in [0.05, 0.1) is 17.0 Å². The Balaban J connectivity index is 1.76. The second kappa shape index (κ2) is 5.51. The van der Waals surface area contributed by atoms with Crippen LogP contribution in [0.1, 0.15) is 18.9 Å². The van der Waals surface area contributed by atoms with Gasteiger partial charge in [-0.2, -0.15) is 5.10 Å². The van der Waals surface area contributed by atoms with E-state index in [-0.39, 0.29) is 5.69 Å². The number of aromatic nitrogens is 2. The highest BCUT2D eigenvalue weighted by Crippen LogP contribution is 2.32. The van der Waals surface area contributed by atoms with Crippen LogP contribution in [0.2, 0.25) is 0 Å². The minimum Gasteiger partial charge on any atom is -0.366 e. The molecule has 1 aromatic carbocycles. The fourth-order valence-electron chi connectivity index (χ4n) is 2.78. The summed E-state index contributed by atoms with van der Waals surface area (Å²) in [6.07, 6.45) is 5.39. The average Bonchev–Trinajstić information content (AvgIpc) is 3.01. The molecule has 0 atom stereocenters. The van der Waals surface area contributed by atoms with Crippen LogP contribution in [0.15, 0.2) is 36.7 Å². The van der Waals surface area contributed by atoms with Crippen molar-refractivity contribution in [2.75, 3.05) is 18.0 Å². The molecular formula is C14H15FN4O2. The zero-order valence-electron chi connectivity index (χ0n) is 11.4. The first kappa shape index (κ1) is 13.5. The molecule has 0 radical (unpaired) electrons. The van der Waals surface area contributed by atoms with Crippen LogP contribution in [-0.4, -0.2) is 27.8 Å². The lowest BCUT2D eigenvalue weighted by molar-refractivity contribution is -0.384. The van der Waals surface area contributed by atoms with Gasteiger partial charge >= 0.3 is 0 Å². The second-order valence-corrected chi connectivity index (χ2v) is 5.09. The molecule has 0 aliphatic carbocycles. The predicted octanol–water partition coefficient (Wildman–Crippen LogP) is 2.77. The van der Waals surface area contributed by atoms with E-state index in [0.29, 0.717) is 24.8 Å². The van der Waals surface area contributed by atoms with E-state index in [1.165, 1.54) is 12.1 Å². The van der Waals surface area contributed by atoms with E-state index in [1.54, 1.807) is 6.20 Å². The van der Waals surface area contributed by atoms with Gasteiger partial charge in [0.2, 0.25) is 0 Å². The Morgan fingerprint density at radius 3 is 2.71 bits per heavy atom. The van der Waals surface area contributed by atoms with Crippen LogP contribution in [0.3, 0.4) is 0 Å². The van der Waals surface area contributed by atoms with E-state index in [9.17, 15) is 14.5 Å². The van der Waals surface area contributed by atoms with Gasteiger partial charge in [-0.05, 0) is 31.0 Å². The minimum atomic E-state index is -0.586. The topological polar surface area (TPSA) is 64.2 Å². The van der Waals surface area contributed by atoms with Crippen LogP contribution >= 0.6 is 0 Å². The third kappa shape index (κ3) is 2.72. The van der Waals surface area contributed by atoms with Gasteiger partial charge in [-0.1, -0.05) is 0 Å². The van der Waals surface area contributed by atoms with E-state index < -0.39 is 10.7 Å². The third-order valence-corrected chi connectivity index (χ3v) is 3.84. The zero-order valence-corrected chi connectivity index (χ0v) is 11.4. The molecule has 21 heavy (non-hydrogen) atoms. The van der Waals surface area contributed by atoms with Gasteiger partial charge in [0, 0.05) is 25.5 Å². The monoisotopic (exact) mass is 290 g/mol. The molecule has 0 spiro atoms. The minimum absolute atomic E-state index is 0.174. The fraction of sp³-hybridized carbons (Fsp3) is 0.357. The molecule has 2 aromatic rings. The van der Waals surface area contributed by atoms with Gasteiger partial charge in [-0.15, -0.1) is 0 Å². The van der Waals surface area contributed by atoms with Crippen LogP contribution in [0.25, 0.3) is 0 Å². The van der Waals surface area contributed by atoms with Gasteiger partial charge in [-0.25, -0.2) is 4.39 Å². The number of anilines is 1. The van der Waals surface area contributed by atoms with Crippen LogP contribution in [0.4, 0.5) is 15.8 Å². The van der Waals surface area contributed by atoms with Gasteiger partial charge in [-0.3, -0.25) is 14.8 Å². The summed E-state index contributed by atoms with van der Waals surface area (Å²) in [5.74, 6) is -0.586. The Bertz CT molecular complexity index is 636. The van der Waals surface area contributed by atoms with Crippen molar-refractivity contribution < 1.29 is 9.31 Å². The number of hydrogen-bond donors (Lipinski definition) is 0. The maximum absolute atomic E-state index is 13.2. The van der Waals surface area contributed by atoms with Crippen molar-refractivity contribution in [1.29, 1.82) is 0 Å². The maximum Gasteiger partial charge on any atom is 0.295 e. The lowest BCUT2D eigenvalue weighted by atomic mass is 10.0. The SMILES string of the molecule is O=[N+]([O-])c1cc(F)ccc1N1CCC(n2cccn2)CC1. The highest BCUT2D eigenvalue weighted by molar-refractivity contribution is 5.63. The van der Waals surface area contributed by atoms with Crippen molar-refractivity contribution >= 4 is 11.4 Å². The molecule has 3 rings (SSSR count). The van der Waals surface area contributed by atoms with Gasteiger partial charge < -0.3 is 4.90 Å². The Kier molecular flexibility index (Phi) is 3.55. The molecule has 2 heterocycles. The first-order chi connectivity index (χ1) is 10.1. The maximum atomic E-state index is 13.2. The normalized spacial score (nSPS) is 16.1. The van der Waals surface area contributed by atoms with Crippen molar-refractivity contribution in [3.8, 4) is 0 Å². The summed E-state index contributed by atoms with van der Waals surface area (Å²) in [5, 5.41) is 15.3. The quantitative estimate of drug-likeness (QED) is 0.644. The van der Waals surface area contributed by atoms with Gasteiger partial charge in [0.15, 0.2) is 0 Å². The highest BCUT2D eigenvalue weighted by Gasteiger charge is 2.26. The summed E-state index contributed by atoms with van der Waals surface area (Å²) in [6, 6.07) is 5.94. The second-order valence-electron chi connectivity index (χ2n) is 5.09. The van der Waals surface area contributed by atoms with Crippen molar-refractivity contribution in [2.24, 2.45) is 0 Å². The highest BCUT2D eigenvalue weighted by atomic mass is 19.1. The number of nitro benzene ring substituents is 1. The molecule has 0 bridgehead atoms. The Morgan fingerprint density at radius 1 is 1.33 bits per heavy atom. The largest absolute Gasteiger partial charge is 0.366 e. The van der Waals surface area contributed by atoms with E-state index in [4.69, 9.17) is 0 Å². The van der Waals surface area contributed by atoms with E-state index in [1.807, 2.05) is 21.8 Å². The molecule has 6 nitrogen and oxygen atoms in total. The van der Waals surface area contributed by atoms with Crippen LogP contribution in [0.5, 0.6) is 0 Å². The third-order valence-electron chi connectivity index (χ3n) is 3.84. The van der Waals surface area contributed by atoms with Crippen LogP contribution < -0.4 is 4.90 Å². The smallest absolute Gasteiger partial charge is 0.295 e. The summed E-state index contributed by atoms with van der Waals surface area (Å²) >= 11 is 0. The number of nitrogens with zero attached hydrogens (tertiary/aromatic N) is 4. The molecule has 0 unspecified atom stereocenters. The molecule has 0 amide bonds. The molecule has 1 saturated heterocycles. The number of rotatable bonds is 3. The molecule has 1 aliphatic rings. The first-order valence-corrected chi connectivity index (χ1v) is 6.83. The van der Waals surface area contributed by atoms with E-state index in [0.717, 1.165) is 18.9 Å². The summed E-state index contributed by atoms with van der Waals surface area (Å²) in [7, 11) is 0. The van der Waals surface area contributed by atoms with Crippen molar-refractivity contribution in [2.45, 2.75) is 18.9 Å². The summed E-state index contributed by atoms with van der Waals surface area (Å²) in [5.41, 5.74) is 0.313. The lowest BCUT2D eigenvalue weighted by Crippen LogP contribution is -2.35. The van der Waals surface area contributed by atoms with Gasteiger partial charge in [0.1, 0.15) is 11.5 Å². The van der Waals surface area contributed by atoms with Crippen molar-refractivity contribution in [3.63, 3.8) is 0 Å². The number of benzene rings is 1. The molecule has 110 valence electrons. The number of piperidine rings is 1. The molecule has 1 fully saturated rings. The van der Waals surface area contributed by atoms with E-state index in [2.05, 4.69) is 5.10 Å². The summed E-state index contributed by atoms with van der Waals surface area (Å²) < 4.78 is 15.1. The zero-order chi connectivity index (χ0) is 14.8. The predicted molar refractivity (Wildman–Crippen MR) is 75.8 cm³/mol. The van der Waals surface area contributed by atoms with Crippen molar-refractivity contribution in [1.82, 2.24) is 9.78 Å².